The van der Waals surface area contributed by atoms with E-state index in [0.717, 1.165) is 6.07 Å². The summed E-state index contributed by atoms with van der Waals surface area (Å²) in [6, 6.07) is 3.60. The molecule has 1 N–H and O–H groups in total. The third kappa shape index (κ3) is 3.45. The first-order valence-electron chi connectivity index (χ1n) is 5.62. The average Bonchev–Trinajstić information content (AvgIpc) is 2.43. The Labute approximate surface area is 110 Å². The van der Waals surface area contributed by atoms with Crippen LogP contribution in [-0.4, -0.2) is 24.0 Å². The van der Waals surface area contributed by atoms with Gasteiger partial charge in [-0.3, -0.25) is 14.9 Å². The molecular weight excluding hydrogens is 248 g/mol. The van der Waals surface area contributed by atoms with Crippen LogP contribution in [0.2, 0.25) is 0 Å². The first-order chi connectivity index (χ1) is 9.03. The number of hydrogen-bond donors (Lipinski definition) is 1. The molecule has 1 aromatic carbocycles. The average molecular weight is 262 g/mol. The highest BCUT2D eigenvalue weighted by molar-refractivity contribution is 5.95. The number of nitrogens with zero attached hydrogens (tertiary/aromatic N) is 1. The van der Waals surface area contributed by atoms with E-state index in [1.807, 2.05) is 6.92 Å². The topological polar surface area (TPSA) is 81.5 Å². The summed E-state index contributed by atoms with van der Waals surface area (Å²) in [5.41, 5.74) is -0.0925. The molecule has 0 aromatic heterocycles. The SMILES string of the molecule is C#CC(CC)NC(=O)c1ccc(OC)c([N+](=O)[O-])c1. The zero-order valence-electron chi connectivity index (χ0n) is 10.7. The van der Waals surface area contributed by atoms with E-state index in [1.54, 1.807) is 0 Å². The molecule has 19 heavy (non-hydrogen) atoms. The highest BCUT2D eigenvalue weighted by Gasteiger charge is 2.19. The Morgan fingerprint density at radius 2 is 2.32 bits per heavy atom. The van der Waals surface area contributed by atoms with Gasteiger partial charge in [0, 0.05) is 11.6 Å². The molecule has 0 aliphatic heterocycles. The van der Waals surface area contributed by atoms with Crippen LogP contribution in [0.4, 0.5) is 5.69 Å². The molecular formula is C13H14N2O4. The minimum absolute atomic E-state index is 0.102. The molecule has 0 spiro atoms. The molecule has 0 aliphatic rings. The molecule has 1 atom stereocenters. The van der Waals surface area contributed by atoms with Crippen LogP contribution in [0.5, 0.6) is 5.75 Å². The van der Waals surface area contributed by atoms with E-state index in [0.29, 0.717) is 6.42 Å². The van der Waals surface area contributed by atoms with E-state index in [9.17, 15) is 14.9 Å². The molecule has 1 unspecified atom stereocenters. The second kappa shape index (κ2) is 6.40. The maximum absolute atomic E-state index is 11.9. The van der Waals surface area contributed by atoms with E-state index in [-0.39, 0.29) is 17.0 Å². The monoisotopic (exact) mass is 262 g/mol. The number of carbonyl (C=O) groups excluding carboxylic acids is 1. The summed E-state index contributed by atoms with van der Waals surface area (Å²) in [7, 11) is 1.33. The summed E-state index contributed by atoms with van der Waals surface area (Å²) >= 11 is 0. The molecule has 100 valence electrons. The van der Waals surface area contributed by atoms with Gasteiger partial charge in [0.15, 0.2) is 5.75 Å². The largest absolute Gasteiger partial charge is 0.490 e. The molecule has 0 radical (unpaired) electrons. The van der Waals surface area contributed by atoms with E-state index in [2.05, 4.69) is 11.2 Å². The zero-order chi connectivity index (χ0) is 14.4. The van der Waals surface area contributed by atoms with Gasteiger partial charge < -0.3 is 10.1 Å². The van der Waals surface area contributed by atoms with Crippen LogP contribution in [0.25, 0.3) is 0 Å². The van der Waals surface area contributed by atoms with Crippen molar-refractivity contribution in [1.82, 2.24) is 5.32 Å². The smallest absolute Gasteiger partial charge is 0.311 e. The molecule has 1 amide bonds. The van der Waals surface area contributed by atoms with Gasteiger partial charge in [0.2, 0.25) is 0 Å². The molecule has 1 aromatic rings. The number of carbonyl (C=O) groups is 1. The molecule has 0 heterocycles. The van der Waals surface area contributed by atoms with E-state index in [1.165, 1.54) is 19.2 Å². The van der Waals surface area contributed by atoms with Gasteiger partial charge >= 0.3 is 5.69 Å². The number of nitro groups is 1. The summed E-state index contributed by atoms with van der Waals surface area (Å²) in [4.78, 5) is 22.1. The van der Waals surface area contributed by atoms with Crippen LogP contribution < -0.4 is 10.1 Å². The molecule has 6 nitrogen and oxygen atoms in total. The molecule has 0 aliphatic carbocycles. The van der Waals surface area contributed by atoms with Crippen LogP contribution in [0.1, 0.15) is 23.7 Å². The summed E-state index contributed by atoms with van der Waals surface area (Å²) in [5, 5.41) is 13.4. The van der Waals surface area contributed by atoms with Gasteiger partial charge in [0.25, 0.3) is 5.91 Å². The second-order valence-electron chi connectivity index (χ2n) is 3.74. The van der Waals surface area contributed by atoms with E-state index >= 15 is 0 Å². The highest BCUT2D eigenvalue weighted by Crippen LogP contribution is 2.27. The standard InChI is InChI=1S/C13H14N2O4/c1-4-10(5-2)14-13(16)9-6-7-12(19-3)11(8-9)15(17)18/h1,6-8,10H,5H2,2-3H3,(H,14,16). The van der Waals surface area contributed by atoms with Crippen LogP contribution in [-0.2, 0) is 0 Å². The summed E-state index contributed by atoms with van der Waals surface area (Å²) in [6.07, 6.45) is 5.82. The van der Waals surface area contributed by atoms with Crippen molar-refractivity contribution < 1.29 is 14.5 Å². The van der Waals surface area contributed by atoms with Crippen LogP contribution in [0, 0.1) is 22.5 Å². The van der Waals surface area contributed by atoms with Gasteiger partial charge in [-0.05, 0) is 18.6 Å². The fraction of sp³-hybridized carbons (Fsp3) is 0.308. The normalized spacial score (nSPS) is 11.2. The van der Waals surface area contributed by atoms with Gasteiger partial charge in [0.05, 0.1) is 18.1 Å². The Bertz CT molecular complexity index is 534. The highest BCUT2D eigenvalue weighted by atomic mass is 16.6. The predicted octanol–water partition coefficient (Wildman–Crippen LogP) is 1.74. The first-order valence-corrected chi connectivity index (χ1v) is 5.62. The van der Waals surface area contributed by atoms with Gasteiger partial charge in [-0.1, -0.05) is 12.8 Å². The number of amides is 1. The van der Waals surface area contributed by atoms with Crippen molar-refractivity contribution in [3.8, 4) is 18.1 Å². The third-order valence-electron chi connectivity index (χ3n) is 2.55. The number of terminal acetylenes is 1. The fourth-order valence-electron chi connectivity index (χ4n) is 1.48. The maximum atomic E-state index is 11.9. The van der Waals surface area contributed by atoms with Crippen molar-refractivity contribution in [1.29, 1.82) is 0 Å². The van der Waals surface area contributed by atoms with Gasteiger partial charge in [-0.2, -0.15) is 0 Å². The quantitative estimate of drug-likeness (QED) is 0.498. The number of nitro benzene ring substituents is 1. The Balaban J connectivity index is 3.02. The van der Waals surface area contributed by atoms with Crippen LogP contribution >= 0.6 is 0 Å². The summed E-state index contributed by atoms with van der Waals surface area (Å²) in [6.45, 7) is 1.83. The van der Waals surface area contributed by atoms with Crippen molar-refractivity contribution >= 4 is 11.6 Å². The Morgan fingerprint density at radius 3 is 2.79 bits per heavy atom. The third-order valence-corrected chi connectivity index (χ3v) is 2.55. The fourth-order valence-corrected chi connectivity index (χ4v) is 1.48. The number of methoxy groups -OCH3 is 1. The van der Waals surface area contributed by atoms with Gasteiger partial charge in [-0.15, -0.1) is 6.42 Å². The van der Waals surface area contributed by atoms with Crippen molar-refractivity contribution in [2.24, 2.45) is 0 Å². The van der Waals surface area contributed by atoms with Crippen molar-refractivity contribution in [2.45, 2.75) is 19.4 Å². The van der Waals surface area contributed by atoms with E-state index < -0.39 is 16.9 Å². The lowest BCUT2D eigenvalue weighted by molar-refractivity contribution is -0.385. The number of nitrogens with one attached hydrogen (secondary N) is 1. The molecule has 0 fully saturated rings. The van der Waals surface area contributed by atoms with Gasteiger partial charge in [0.1, 0.15) is 0 Å². The molecule has 1 rings (SSSR count). The van der Waals surface area contributed by atoms with Crippen LogP contribution in [0.15, 0.2) is 18.2 Å². The molecule has 6 heteroatoms. The lowest BCUT2D eigenvalue weighted by Crippen LogP contribution is -2.33. The Hall–Kier alpha value is -2.55. The summed E-state index contributed by atoms with van der Waals surface area (Å²) in [5.74, 6) is 2.08. The lowest BCUT2D eigenvalue weighted by atomic mass is 10.1. The lowest BCUT2D eigenvalue weighted by Gasteiger charge is -2.11. The minimum Gasteiger partial charge on any atom is -0.490 e. The zero-order valence-corrected chi connectivity index (χ0v) is 10.7. The Morgan fingerprint density at radius 1 is 1.63 bits per heavy atom. The predicted molar refractivity (Wildman–Crippen MR) is 70.0 cm³/mol. The van der Waals surface area contributed by atoms with Crippen molar-refractivity contribution in [2.75, 3.05) is 7.11 Å². The molecule has 0 saturated carbocycles. The minimum atomic E-state index is -0.603. The number of hydrogen-bond acceptors (Lipinski definition) is 4. The van der Waals surface area contributed by atoms with Crippen LogP contribution in [0.3, 0.4) is 0 Å². The van der Waals surface area contributed by atoms with Gasteiger partial charge in [-0.25, -0.2) is 0 Å². The number of ether oxygens (including phenoxy) is 1. The number of benzene rings is 1. The van der Waals surface area contributed by atoms with Crippen molar-refractivity contribution in [3.63, 3.8) is 0 Å². The first kappa shape index (κ1) is 14.5. The Kier molecular flexibility index (Phi) is 4.89. The maximum Gasteiger partial charge on any atom is 0.311 e. The molecule has 0 bridgehead atoms. The number of rotatable bonds is 5. The molecule has 0 saturated heterocycles. The van der Waals surface area contributed by atoms with E-state index in [4.69, 9.17) is 11.2 Å². The van der Waals surface area contributed by atoms with Crippen molar-refractivity contribution in [3.05, 3.63) is 33.9 Å². The second-order valence-corrected chi connectivity index (χ2v) is 3.74. The summed E-state index contributed by atoms with van der Waals surface area (Å²) < 4.78 is 4.86.